The number of hydrogen-bond acceptors (Lipinski definition) is 4. The van der Waals surface area contributed by atoms with Crippen molar-refractivity contribution in [2.75, 3.05) is 24.5 Å². The number of carbonyl (C=O) groups excluding carboxylic acids is 1. The van der Waals surface area contributed by atoms with Crippen LogP contribution in [0.25, 0.3) is 0 Å². The van der Waals surface area contributed by atoms with E-state index in [1.54, 1.807) is 4.90 Å². The molecule has 30 heavy (non-hydrogen) atoms. The molecular weight excluding hydrogens is 374 g/mol. The molecular formula is C25H27N3O2. The second-order valence-corrected chi connectivity index (χ2v) is 8.68. The Morgan fingerprint density at radius 1 is 1.13 bits per heavy atom. The van der Waals surface area contributed by atoms with Crippen molar-refractivity contribution in [3.05, 3.63) is 59.3 Å². The Bertz CT molecular complexity index is 991. The van der Waals surface area contributed by atoms with Gasteiger partial charge in [-0.05, 0) is 49.9 Å². The molecule has 2 unspecified atom stereocenters. The number of aromatic nitrogens is 1. The summed E-state index contributed by atoms with van der Waals surface area (Å²) in [6.45, 7) is 2.57. The molecule has 1 aromatic carbocycles. The van der Waals surface area contributed by atoms with Crippen LogP contribution >= 0.6 is 0 Å². The first-order valence-electron chi connectivity index (χ1n) is 10.9. The van der Waals surface area contributed by atoms with Crippen molar-refractivity contribution in [3.8, 4) is 12.3 Å². The largest absolute Gasteiger partial charge is 0.382 e. The standard InChI is InChI=1S/C25H27N3O2/c1-2-22-25(30,19-12-15-27(22)16-13-19)20-10-11-23(28-14-6-9-24(28)29)26-21(20)17-18-7-4-3-5-8-18/h1,3-5,7-8,10-11,19,22,30H,6,9,12-17H2. The van der Waals surface area contributed by atoms with Gasteiger partial charge in [-0.1, -0.05) is 42.3 Å². The average molecular weight is 402 g/mol. The first-order chi connectivity index (χ1) is 14.6. The van der Waals surface area contributed by atoms with E-state index < -0.39 is 5.60 Å². The highest BCUT2D eigenvalue weighted by molar-refractivity contribution is 5.94. The zero-order valence-corrected chi connectivity index (χ0v) is 17.1. The first kappa shape index (κ1) is 19.3. The van der Waals surface area contributed by atoms with Crippen LogP contribution in [0.15, 0.2) is 42.5 Å². The summed E-state index contributed by atoms with van der Waals surface area (Å²) in [6, 6.07) is 13.7. The fourth-order valence-electron chi connectivity index (χ4n) is 5.52. The van der Waals surface area contributed by atoms with Crippen LogP contribution in [0.2, 0.25) is 0 Å². The van der Waals surface area contributed by atoms with Gasteiger partial charge in [0.25, 0.3) is 0 Å². The van der Waals surface area contributed by atoms with E-state index in [4.69, 9.17) is 11.4 Å². The van der Waals surface area contributed by atoms with E-state index in [1.165, 1.54) is 0 Å². The average Bonchev–Trinajstić information content (AvgIpc) is 3.21. The highest BCUT2D eigenvalue weighted by atomic mass is 16.3. The van der Waals surface area contributed by atoms with Crippen LogP contribution in [0, 0.1) is 18.3 Å². The predicted molar refractivity (Wildman–Crippen MR) is 116 cm³/mol. The zero-order valence-electron chi connectivity index (χ0n) is 17.1. The number of carbonyl (C=O) groups is 1. The van der Waals surface area contributed by atoms with E-state index in [9.17, 15) is 9.90 Å². The predicted octanol–water partition coefficient (Wildman–Crippen LogP) is 2.71. The summed E-state index contributed by atoms with van der Waals surface area (Å²) in [7, 11) is 0. The van der Waals surface area contributed by atoms with Gasteiger partial charge in [0, 0.05) is 24.9 Å². The molecule has 1 N–H and O–H groups in total. The van der Waals surface area contributed by atoms with Crippen LogP contribution in [-0.4, -0.2) is 46.6 Å². The molecule has 5 nitrogen and oxygen atoms in total. The summed E-state index contributed by atoms with van der Waals surface area (Å²) < 4.78 is 0. The van der Waals surface area contributed by atoms with Gasteiger partial charge < -0.3 is 5.11 Å². The molecule has 154 valence electrons. The van der Waals surface area contributed by atoms with Crippen LogP contribution in [-0.2, 0) is 16.8 Å². The van der Waals surface area contributed by atoms with Gasteiger partial charge in [-0.25, -0.2) is 4.98 Å². The molecule has 6 rings (SSSR count). The summed E-state index contributed by atoms with van der Waals surface area (Å²) in [5, 5.41) is 12.1. The molecule has 1 amide bonds. The SMILES string of the molecule is C#CC1N2CCC(CC2)C1(O)c1ccc(N2CCCC2=O)nc1Cc1ccccc1. The Hall–Kier alpha value is -2.68. The first-order valence-corrected chi connectivity index (χ1v) is 10.9. The quantitative estimate of drug-likeness (QED) is 0.801. The van der Waals surface area contributed by atoms with Crippen LogP contribution < -0.4 is 4.90 Å². The maximum Gasteiger partial charge on any atom is 0.228 e. The molecule has 0 radical (unpaired) electrons. The third-order valence-electron chi connectivity index (χ3n) is 7.05. The summed E-state index contributed by atoms with van der Waals surface area (Å²) in [4.78, 5) is 21.2. The Labute approximate surface area is 177 Å². The number of hydrogen-bond donors (Lipinski definition) is 1. The van der Waals surface area contributed by atoms with Crippen LogP contribution in [0.3, 0.4) is 0 Å². The van der Waals surface area contributed by atoms with E-state index in [1.807, 2.05) is 30.3 Å². The number of rotatable bonds is 4. The van der Waals surface area contributed by atoms with Crippen molar-refractivity contribution in [2.24, 2.45) is 5.92 Å². The number of terminal acetylenes is 1. The van der Waals surface area contributed by atoms with Crippen LogP contribution in [0.4, 0.5) is 5.82 Å². The van der Waals surface area contributed by atoms with Crippen molar-refractivity contribution < 1.29 is 9.90 Å². The van der Waals surface area contributed by atoms with Crippen LogP contribution in [0.5, 0.6) is 0 Å². The third-order valence-corrected chi connectivity index (χ3v) is 7.05. The molecule has 0 aliphatic carbocycles. The van der Waals surface area contributed by atoms with Gasteiger partial charge in [-0.3, -0.25) is 14.6 Å². The molecule has 0 spiro atoms. The third kappa shape index (κ3) is 3.03. The number of fused-ring (bicyclic) bond motifs is 3. The lowest BCUT2D eigenvalue weighted by Gasteiger charge is -2.54. The normalized spacial score (nSPS) is 30.5. The molecule has 4 aliphatic heterocycles. The number of anilines is 1. The van der Waals surface area contributed by atoms with Gasteiger partial charge in [-0.15, -0.1) is 6.42 Å². The molecule has 4 fully saturated rings. The number of aliphatic hydroxyl groups is 1. The Balaban J connectivity index is 1.62. The van der Waals surface area contributed by atoms with E-state index in [-0.39, 0.29) is 17.9 Å². The summed E-state index contributed by atoms with van der Waals surface area (Å²) in [5.41, 5.74) is 1.64. The minimum atomic E-state index is -1.12. The highest BCUT2D eigenvalue weighted by Gasteiger charge is 2.54. The summed E-state index contributed by atoms with van der Waals surface area (Å²) in [5.74, 6) is 3.79. The lowest BCUT2D eigenvalue weighted by molar-refractivity contribution is -0.143. The molecule has 1 aromatic heterocycles. The number of benzene rings is 1. The number of nitrogens with zero attached hydrogens (tertiary/aromatic N) is 3. The van der Waals surface area contributed by atoms with E-state index in [0.29, 0.717) is 25.2 Å². The molecule has 4 saturated heterocycles. The van der Waals surface area contributed by atoms with Crippen molar-refractivity contribution in [1.29, 1.82) is 0 Å². The monoisotopic (exact) mass is 401 g/mol. The molecule has 2 bridgehead atoms. The van der Waals surface area contributed by atoms with E-state index in [0.717, 1.165) is 49.2 Å². The lowest BCUT2D eigenvalue weighted by atomic mass is 9.66. The maximum absolute atomic E-state index is 12.3. The van der Waals surface area contributed by atoms with Crippen molar-refractivity contribution >= 4 is 11.7 Å². The zero-order chi connectivity index (χ0) is 20.7. The molecule has 5 heterocycles. The number of pyridine rings is 1. The summed E-state index contributed by atoms with van der Waals surface area (Å²) >= 11 is 0. The van der Waals surface area contributed by atoms with Crippen molar-refractivity contribution in [2.45, 2.75) is 43.7 Å². The molecule has 5 heteroatoms. The topological polar surface area (TPSA) is 56.7 Å². The van der Waals surface area contributed by atoms with Gasteiger partial charge >= 0.3 is 0 Å². The van der Waals surface area contributed by atoms with Gasteiger partial charge in [0.2, 0.25) is 5.91 Å². The summed E-state index contributed by atoms with van der Waals surface area (Å²) in [6.07, 6.45) is 9.82. The highest BCUT2D eigenvalue weighted by Crippen LogP contribution is 2.48. The fourth-order valence-corrected chi connectivity index (χ4v) is 5.52. The van der Waals surface area contributed by atoms with E-state index >= 15 is 0 Å². The Kier molecular flexibility index (Phi) is 4.85. The number of amides is 1. The maximum atomic E-state index is 12.3. The molecule has 4 aliphatic rings. The van der Waals surface area contributed by atoms with Gasteiger partial charge in [0.05, 0.1) is 5.69 Å². The van der Waals surface area contributed by atoms with Gasteiger partial charge in [0.1, 0.15) is 17.5 Å². The Morgan fingerprint density at radius 3 is 2.57 bits per heavy atom. The minimum absolute atomic E-state index is 0.115. The molecule has 2 atom stereocenters. The van der Waals surface area contributed by atoms with Crippen molar-refractivity contribution in [3.63, 3.8) is 0 Å². The second kappa shape index (κ2) is 7.54. The van der Waals surface area contributed by atoms with Crippen molar-refractivity contribution in [1.82, 2.24) is 9.88 Å². The minimum Gasteiger partial charge on any atom is -0.382 e. The second-order valence-electron chi connectivity index (χ2n) is 8.68. The van der Waals surface area contributed by atoms with Crippen LogP contribution in [0.1, 0.15) is 42.5 Å². The molecule has 0 saturated carbocycles. The molecule has 2 aromatic rings. The fraction of sp³-hybridized carbons (Fsp3) is 0.440. The van der Waals surface area contributed by atoms with Gasteiger partial charge in [0.15, 0.2) is 0 Å². The lowest BCUT2D eigenvalue weighted by Crippen LogP contribution is -2.63. The smallest absolute Gasteiger partial charge is 0.228 e. The van der Waals surface area contributed by atoms with E-state index in [2.05, 4.69) is 23.0 Å². The number of piperidine rings is 3. The Morgan fingerprint density at radius 2 is 1.90 bits per heavy atom. The van der Waals surface area contributed by atoms with Gasteiger partial charge in [-0.2, -0.15) is 0 Å².